The highest BCUT2D eigenvalue weighted by Crippen LogP contribution is 2.24. The van der Waals surface area contributed by atoms with Crippen molar-refractivity contribution in [2.75, 3.05) is 13.2 Å². The summed E-state index contributed by atoms with van der Waals surface area (Å²) in [5.41, 5.74) is 0. The van der Waals surface area contributed by atoms with Crippen LogP contribution in [-0.4, -0.2) is 87.5 Å². The van der Waals surface area contributed by atoms with E-state index in [0.29, 0.717) is 6.42 Å². The maximum absolute atomic E-state index is 13.2. The molecule has 0 aromatic rings. The molecular weight excluding hydrogens is 1090 g/mol. The average molecular weight is 1240 g/mol. The Hall–Kier alpha value is -1.59. The number of aliphatic hydroxyl groups excluding tert-OH is 5. The quantitative estimate of drug-likeness (QED) is 0.0261. The van der Waals surface area contributed by atoms with Gasteiger partial charge >= 0.3 is 0 Å². The molecule has 1 fully saturated rings. The number of hydrogen-bond acceptors (Lipinski definition) is 8. The number of carbonyl (C=O) groups excluding carboxylic acids is 1. The zero-order chi connectivity index (χ0) is 63.5. The van der Waals surface area contributed by atoms with Gasteiger partial charge in [0.15, 0.2) is 6.29 Å². The maximum atomic E-state index is 13.2. The Labute approximate surface area is 546 Å². The molecule has 6 N–H and O–H groups in total. The van der Waals surface area contributed by atoms with Gasteiger partial charge < -0.3 is 40.3 Å². The fraction of sp³-hybridized carbons (Fsp3) is 0.911. The molecule has 1 rings (SSSR count). The van der Waals surface area contributed by atoms with Crippen molar-refractivity contribution in [3.63, 3.8) is 0 Å². The largest absolute Gasteiger partial charge is 0.394 e. The Morgan fingerprint density at radius 3 is 0.977 bits per heavy atom. The van der Waals surface area contributed by atoms with Crippen LogP contribution >= 0.6 is 0 Å². The van der Waals surface area contributed by atoms with E-state index in [2.05, 4.69) is 43.5 Å². The van der Waals surface area contributed by atoms with Crippen LogP contribution in [0.1, 0.15) is 406 Å². The Morgan fingerprint density at radius 1 is 0.386 bits per heavy atom. The first-order chi connectivity index (χ1) is 43.3. The molecule has 0 aromatic heterocycles. The van der Waals surface area contributed by atoms with Gasteiger partial charge in [-0.3, -0.25) is 4.79 Å². The zero-order valence-corrected chi connectivity index (χ0v) is 58.5. The molecule has 1 saturated heterocycles. The molecule has 1 heterocycles. The van der Waals surface area contributed by atoms with Crippen LogP contribution in [0, 0.1) is 0 Å². The van der Waals surface area contributed by atoms with Crippen molar-refractivity contribution in [1.82, 2.24) is 5.32 Å². The van der Waals surface area contributed by atoms with E-state index in [1.807, 2.05) is 6.08 Å². The second-order valence-corrected chi connectivity index (χ2v) is 27.5. The van der Waals surface area contributed by atoms with Crippen LogP contribution < -0.4 is 5.32 Å². The minimum atomic E-state index is -1.57. The maximum Gasteiger partial charge on any atom is 0.220 e. The molecule has 9 heteroatoms. The molecule has 7 unspecified atom stereocenters. The van der Waals surface area contributed by atoms with Crippen molar-refractivity contribution in [3.05, 3.63) is 36.5 Å². The van der Waals surface area contributed by atoms with Gasteiger partial charge in [0.1, 0.15) is 24.4 Å². The molecule has 88 heavy (non-hydrogen) atoms. The fourth-order valence-electron chi connectivity index (χ4n) is 12.8. The molecular formula is C79H151NO8. The number of hydrogen-bond donors (Lipinski definition) is 6. The summed E-state index contributed by atoms with van der Waals surface area (Å²) < 4.78 is 11.3. The van der Waals surface area contributed by atoms with E-state index in [-0.39, 0.29) is 12.5 Å². The summed E-state index contributed by atoms with van der Waals surface area (Å²) in [5.74, 6) is -0.167. The highest BCUT2D eigenvalue weighted by atomic mass is 16.7. The Kier molecular flexibility index (Phi) is 65.5. The van der Waals surface area contributed by atoms with Crippen molar-refractivity contribution in [2.45, 2.75) is 448 Å². The number of allylic oxidation sites excluding steroid dienone is 5. The summed E-state index contributed by atoms with van der Waals surface area (Å²) >= 11 is 0. The lowest BCUT2D eigenvalue weighted by atomic mass is 9.99. The molecule has 520 valence electrons. The summed E-state index contributed by atoms with van der Waals surface area (Å²) in [4.78, 5) is 13.2. The monoisotopic (exact) mass is 1240 g/mol. The Balaban J connectivity index is 2.05. The summed E-state index contributed by atoms with van der Waals surface area (Å²) in [5, 5.41) is 54.9. The molecule has 0 spiro atoms. The van der Waals surface area contributed by atoms with Gasteiger partial charge in [-0.2, -0.15) is 0 Å². The van der Waals surface area contributed by atoms with Gasteiger partial charge in [-0.25, -0.2) is 0 Å². The molecule has 1 amide bonds. The lowest BCUT2D eigenvalue weighted by Crippen LogP contribution is -2.60. The van der Waals surface area contributed by atoms with Gasteiger partial charge in [-0.05, 0) is 51.4 Å². The lowest BCUT2D eigenvalue weighted by Gasteiger charge is -2.40. The third-order valence-corrected chi connectivity index (χ3v) is 19.0. The Bertz CT molecular complexity index is 1490. The van der Waals surface area contributed by atoms with Gasteiger partial charge in [0.05, 0.1) is 25.4 Å². The minimum absolute atomic E-state index is 0.167. The first-order valence-electron chi connectivity index (χ1n) is 39.2. The standard InChI is InChI=1S/C79H151NO8/c1-3-5-7-9-11-13-15-17-19-21-23-25-27-29-31-32-33-34-35-36-37-38-39-40-41-42-43-45-47-49-51-53-55-57-59-61-63-65-67-69-75(83)80-72(71-87-79-78(86)77(85)76(84)74(70-81)88-79)73(82)68-66-64-62-60-58-56-54-52-50-48-46-44-30-28-26-24-22-20-18-16-14-12-10-8-6-4-2/h15,17,21,23,66,68,72-74,76-79,81-82,84-86H,3-14,16,18-20,22,24-65,67,69-71H2,1-2H3,(H,80,83)/b17-15-,23-21-,68-66+. The number of ether oxygens (including phenoxy) is 2. The minimum Gasteiger partial charge on any atom is -0.394 e. The van der Waals surface area contributed by atoms with Crippen LogP contribution in [-0.2, 0) is 14.3 Å². The van der Waals surface area contributed by atoms with Gasteiger partial charge in [-0.1, -0.05) is 384 Å². The van der Waals surface area contributed by atoms with E-state index in [4.69, 9.17) is 9.47 Å². The summed E-state index contributed by atoms with van der Waals surface area (Å²) in [6.07, 6.45) is 85.8. The molecule has 0 bridgehead atoms. The van der Waals surface area contributed by atoms with Crippen molar-refractivity contribution >= 4 is 5.91 Å². The molecule has 7 atom stereocenters. The number of amides is 1. The number of carbonyl (C=O) groups is 1. The molecule has 1 aliphatic rings. The molecule has 0 saturated carbocycles. The number of nitrogens with one attached hydrogen (secondary N) is 1. The first kappa shape index (κ1) is 84.4. The molecule has 0 aliphatic carbocycles. The van der Waals surface area contributed by atoms with Crippen LogP contribution in [0.2, 0.25) is 0 Å². The van der Waals surface area contributed by atoms with E-state index in [1.165, 1.54) is 340 Å². The number of rotatable bonds is 70. The van der Waals surface area contributed by atoms with E-state index in [1.54, 1.807) is 6.08 Å². The topological polar surface area (TPSA) is 149 Å². The van der Waals surface area contributed by atoms with E-state index in [9.17, 15) is 30.3 Å². The van der Waals surface area contributed by atoms with Gasteiger partial charge in [0, 0.05) is 6.42 Å². The van der Waals surface area contributed by atoms with E-state index >= 15 is 0 Å². The van der Waals surface area contributed by atoms with Crippen molar-refractivity contribution in [2.24, 2.45) is 0 Å². The van der Waals surface area contributed by atoms with Crippen molar-refractivity contribution in [3.8, 4) is 0 Å². The molecule has 9 nitrogen and oxygen atoms in total. The Morgan fingerprint density at radius 2 is 0.670 bits per heavy atom. The van der Waals surface area contributed by atoms with E-state index < -0.39 is 49.5 Å². The predicted molar refractivity (Wildman–Crippen MR) is 378 cm³/mol. The second kappa shape index (κ2) is 68.3. The highest BCUT2D eigenvalue weighted by molar-refractivity contribution is 5.76. The normalized spacial score (nSPS) is 18.0. The zero-order valence-electron chi connectivity index (χ0n) is 58.5. The smallest absolute Gasteiger partial charge is 0.220 e. The first-order valence-corrected chi connectivity index (χ1v) is 39.2. The molecule has 0 aromatic carbocycles. The van der Waals surface area contributed by atoms with Gasteiger partial charge in [-0.15, -0.1) is 0 Å². The van der Waals surface area contributed by atoms with Crippen LogP contribution in [0.4, 0.5) is 0 Å². The number of aliphatic hydroxyl groups is 5. The van der Waals surface area contributed by atoms with Crippen LogP contribution in [0.25, 0.3) is 0 Å². The third-order valence-electron chi connectivity index (χ3n) is 19.0. The summed E-state index contributed by atoms with van der Waals surface area (Å²) in [7, 11) is 0. The summed E-state index contributed by atoms with van der Waals surface area (Å²) in [6.45, 7) is 3.83. The van der Waals surface area contributed by atoms with E-state index in [0.717, 1.165) is 44.9 Å². The van der Waals surface area contributed by atoms with Crippen LogP contribution in [0.3, 0.4) is 0 Å². The highest BCUT2D eigenvalue weighted by Gasteiger charge is 2.44. The van der Waals surface area contributed by atoms with Gasteiger partial charge in [0.2, 0.25) is 5.91 Å². The molecule has 1 aliphatic heterocycles. The van der Waals surface area contributed by atoms with Crippen LogP contribution in [0.15, 0.2) is 36.5 Å². The lowest BCUT2D eigenvalue weighted by molar-refractivity contribution is -0.302. The van der Waals surface area contributed by atoms with Crippen molar-refractivity contribution in [1.29, 1.82) is 0 Å². The predicted octanol–water partition coefficient (Wildman–Crippen LogP) is 22.2. The molecule has 0 radical (unpaired) electrons. The second-order valence-electron chi connectivity index (χ2n) is 27.5. The van der Waals surface area contributed by atoms with Crippen molar-refractivity contribution < 1.29 is 39.8 Å². The van der Waals surface area contributed by atoms with Crippen LogP contribution in [0.5, 0.6) is 0 Å². The SMILES string of the molecule is CCCCCCC/C=C\C/C=C\CCCCCCCCCCCCCCCCCCCCCCCCCCCCCC(=O)NC(COC1OC(CO)C(O)C(O)C1O)C(O)/C=C/CCCCCCCCCCCCCCCCCCCCCCCCCC. The van der Waals surface area contributed by atoms with Gasteiger partial charge in [0.25, 0.3) is 0 Å². The fourth-order valence-corrected chi connectivity index (χ4v) is 12.8. The summed E-state index contributed by atoms with van der Waals surface area (Å²) in [6, 6.07) is -0.804. The average Bonchev–Trinajstić information content (AvgIpc) is 3.65. The third kappa shape index (κ3) is 56.0. The number of unbranched alkanes of at least 4 members (excludes halogenated alkanes) is 56.